The number of ether oxygens (including phenoxy) is 1. The SMILES string of the molecule is CCOC(=O)C1CCN(C(=NC)NCCCN(C)Cc2ccccc2)CC1.I. The molecular weight excluding hydrogens is 467 g/mol. The van der Waals surface area contributed by atoms with Crippen molar-refractivity contribution in [2.24, 2.45) is 10.9 Å². The highest BCUT2D eigenvalue weighted by molar-refractivity contribution is 14.0. The summed E-state index contributed by atoms with van der Waals surface area (Å²) < 4.78 is 5.14. The van der Waals surface area contributed by atoms with Crippen LogP contribution in [0.3, 0.4) is 0 Å². The number of benzene rings is 1. The van der Waals surface area contributed by atoms with Crippen LogP contribution >= 0.6 is 24.0 Å². The van der Waals surface area contributed by atoms with Crippen molar-refractivity contribution in [3.63, 3.8) is 0 Å². The minimum Gasteiger partial charge on any atom is -0.466 e. The van der Waals surface area contributed by atoms with Crippen LogP contribution in [0, 0.1) is 5.92 Å². The molecule has 0 unspecified atom stereocenters. The van der Waals surface area contributed by atoms with Gasteiger partial charge in [-0.15, -0.1) is 24.0 Å². The molecule has 2 rings (SSSR count). The second kappa shape index (κ2) is 13.8. The van der Waals surface area contributed by atoms with E-state index in [4.69, 9.17) is 4.74 Å². The van der Waals surface area contributed by atoms with E-state index in [9.17, 15) is 4.79 Å². The largest absolute Gasteiger partial charge is 0.466 e. The fraction of sp³-hybridized carbons (Fsp3) is 0.619. The molecule has 6 nitrogen and oxygen atoms in total. The van der Waals surface area contributed by atoms with Crippen molar-refractivity contribution in [2.45, 2.75) is 32.7 Å². The molecule has 0 amide bonds. The van der Waals surface area contributed by atoms with Gasteiger partial charge in [-0.1, -0.05) is 30.3 Å². The van der Waals surface area contributed by atoms with Crippen molar-refractivity contribution in [3.05, 3.63) is 35.9 Å². The highest BCUT2D eigenvalue weighted by Gasteiger charge is 2.27. The molecule has 1 saturated heterocycles. The highest BCUT2D eigenvalue weighted by atomic mass is 127. The highest BCUT2D eigenvalue weighted by Crippen LogP contribution is 2.18. The Kier molecular flexibility index (Phi) is 12.1. The van der Waals surface area contributed by atoms with E-state index in [0.717, 1.165) is 57.9 Å². The van der Waals surface area contributed by atoms with Crippen LogP contribution in [0.4, 0.5) is 0 Å². The summed E-state index contributed by atoms with van der Waals surface area (Å²) >= 11 is 0. The van der Waals surface area contributed by atoms with Crippen molar-refractivity contribution in [1.29, 1.82) is 0 Å². The average molecular weight is 502 g/mol. The molecule has 0 spiro atoms. The predicted octanol–water partition coefficient (Wildman–Crippen LogP) is 2.98. The van der Waals surface area contributed by atoms with Crippen LogP contribution < -0.4 is 5.32 Å². The molecule has 0 aliphatic carbocycles. The minimum absolute atomic E-state index is 0. The number of nitrogens with zero attached hydrogens (tertiary/aromatic N) is 3. The van der Waals surface area contributed by atoms with Crippen LogP contribution in [0.1, 0.15) is 31.7 Å². The monoisotopic (exact) mass is 502 g/mol. The zero-order valence-corrected chi connectivity index (χ0v) is 19.7. The standard InChI is InChI=1S/C21H34N4O2.HI/c1-4-27-20(26)19-11-15-25(16-12-19)21(22-2)23-13-8-14-24(3)17-18-9-6-5-7-10-18;/h5-7,9-10,19H,4,8,11-17H2,1-3H3,(H,22,23);1H. The fourth-order valence-corrected chi connectivity index (χ4v) is 3.44. The van der Waals surface area contributed by atoms with Gasteiger partial charge in [0.1, 0.15) is 0 Å². The third-order valence-corrected chi connectivity index (χ3v) is 4.92. The Balaban J connectivity index is 0.00000392. The molecule has 1 fully saturated rings. The van der Waals surface area contributed by atoms with Gasteiger partial charge >= 0.3 is 5.97 Å². The molecule has 1 aromatic carbocycles. The summed E-state index contributed by atoms with van der Waals surface area (Å²) in [5, 5.41) is 3.46. The number of carbonyl (C=O) groups excluding carboxylic acids is 1. The van der Waals surface area contributed by atoms with E-state index < -0.39 is 0 Å². The number of piperidine rings is 1. The van der Waals surface area contributed by atoms with Crippen molar-refractivity contribution < 1.29 is 9.53 Å². The maximum Gasteiger partial charge on any atom is 0.309 e. The van der Waals surface area contributed by atoms with Gasteiger partial charge in [0.25, 0.3) is 0 Å². The molecule has 1 N–H and O–H groups in total. The maximum absolute atomic E-state index is 11.9. The Labute approximate surface area is 186 Å². The van der Waals surface area contributed by atoms with Gasteiger partial charge in [-0.25, -0.2) is 0 Å². The molecule has 0 saturated carbocycles. The van der Waals surface area contributed by atoms with Crippen molar-refractivity contribution in [3.8, 4) is 0 Å². The lowest BCUT2D eigenvalue weighted by atomic mass is 9.97. The number of likely N-dealkylation sites (tertiary alicyclic amines) is 1. The molecule has 1 aliphatic heterocycles. The molecule has 158 valence electrons. The minimum atomic E-state index is -0.0541. The Hall–Kier alpha value is -1.35. The Morgan fingerprint density at radius 1 is 1.29 bits per heavy atom. The number of nitrogens with one attached hydrogen (secondary N) is 1. The molecule has 0 aromatic heterocycles. The van der Waals surface area contributed by atoms with E-state index in [-0.39, 0.29) is 35.9 Å². The van der Waals surface area contributed by atoms with Crippen molar-refractivity contribution >= 4 is 35.9 Å². The zero-order valence-electron chi connectivity index (χ0n) is 17.4. The Morgan fingerprint density at radius 2 is 1.96 bits per heavy atom. The topological polar surface area (TPSA) is 57.2 Å². The lowest BCUT2D eigenvalue weighted by Gasteiger charge is -2.33. The summed E-state index contributed by atoms with van der Waals surface area (Å²) in [4.78, 5) is 20.8. The number of hydrogen-bond acceptors (Lipinski definition) is 4. The van der Waals surface area contributed by atoms with E-state index >= 15 is 0 Å². The molecule has 1 aromatic rings. The predicted molar refractivity (Wildman–Crippen MR) is 125 cm³/mol. The third-order valence-electron chi connectivity index (χ3n) is 4.92. The van der Waals surface area contributed by atoms with Crippen LogP contribution in [-0.4, -0.2) is 68.6 Å². The molecule has 1 aliphatic rings. The zero-order chi connectivity index (χ0) is 19.5. The summed E-state index contributed by atoms with van der Waals surface area (Å²) in [7, 11) is 3.98. The maximum atomic E-state index is 11.9. The Morgan fingerprint density at radius 3 is 2.57 bits per heavy atom. The van der Waals surface area contributed by atoms with Gasteiger partial charge in [-0.2, -0.15) is 0 Å². The van der Waals surface area contributed by atoms with Crippen LogP contribution in [-0.2, 0) is 16.1 Å². The lowest BCUT2D eigenvalue weighted by Crippen LogP contribution is -2.47. The van der Waals surface area contributed by atoms with Gasteiger partial charge in [-0.05, 0) is 45.3 Å². The number of guanidine groups is 1. The molecule has 0 atom stereocenters. The number of esters is 1. The smallest absolute Gasteiger partial charge is 0.309 e. The number of aliphatic imine (C=N–C) groups is 1. The van der Waals surface area contributed by atoms with Crippen molar-refractivity contribution in [1.82, 2.24) is 15.1 Å². The molecule has 0 radical (unpaired) electrons. The van der Waals surface area contributed by atoms with E-state index in [1.54, 1.807) is 0 Å². The number of halogens is 1. The van der Waals surface area contributed by atoms with Crippen LogP contribution in [0.2, 0.25) is 0 Å². The molecule has 1 heterocycles. The first-order valence-electron chi connectivity index (χ1n) is 9.98. The van der Waals surface area contributed by atoms with Crippen LogP contribution in [0.25, 0.3) is 0 Å². The first-order valence-corrected chi connectivity index (χ1v) is 9.98. The van der Waals surface area contributed by atoms with E-state index in [1.807, 2.05) is 14.0 Å². The summed E-state index contributed by atoms with van der Waals surface area (Å²) in [5.74, 6) is 0.913. The molecule has 0 bridgehead atoms. The summed E-state index contributed by atoms with van der Waals surface area (Å²) in [6.07, 6.45) is 2.72. The molecule has 28 heavy (non-hydrogen) atoms. The third kappa shape index (κ3) is 8.34. The quantitative estimate of drug-likeness (QED) is 0.195. The number of carbonyl (C=O) groups is 1. The summed E-state index contributed by atoms with van der Waals surface area (Å²) in [6, 6.07) is 10.5. The second-order valence-electron chi connectivity index (χ2n) is 7.06. The van der Waals surface area contributed by atoms with Gasteiger partial charge in [0.15, 0.2) is 5.96 Å². The van der Waals surface area contributed by atoms with Crippen molar-refractivity contribution in [2.75, 3.05) is 46.9 Å². The Bertz CT molecular complexity index is 589. The average Bonchev–Trinajstić information content (AvgIpc) is 2.69. The van der Waals surface area contributed by atoms with E-state index in [1.165, 1.54) is 5.56 Å². The number of hydrogen-bond donors (Lipinski definition) is 1. The first kappa shape index (κ1) is 24.7. The van der Waals surface area contributed by atoms with Gasteiger partial charge in [0, 0.05) is 33.2 Å². The van der Waals surface area contributed by atoms with E-state index in [2.05, 4.69) is 57.5 Å². The van der Waals surface area contributed by atoms with Gasteiger partial charge in [-0.3, -0.25) is 9.79 Å². The lowest BCUT2D eigenvalue weighted by molar-refractivity contribution is -0.149. The van der Waals surface area contributed by atoms with Gasteiger partial charge in [0.2, 0.25) is 0 Å². The molecule has 7 heteroatoms. The first-order chi connectivity index (χ1) is 13.1. The fourth-order valence-electron chi connectivity index (χ4n) is 3.44. The molecular formula is C21H35IN4O2. The van der Waals surface area contributed by atoms with Crippen LogP contribution in [0.15, 0.2) is 35.3 Å². The van der Waals surface area contributed by atoms with Crippen LogP contribution in [0.5, 0.6) is 0 Å². The summed E-state index contributed by atoms with van der Waals surface area (Å²) in [6.45, 7) is 6.90. The second-order valence-corrected chi connectivity index (χ2v) is 7.06. The van der Waals surface area contributed by atoms with Gasteiger partial charge < -0.3 is 19.9 Å². The summed E-state index contributed by atoms with van der Waals surface area (Å²) in [5.41, 5.74) is 1.34. The van der Waals surface area contributed by atoms with E-state index in [0.29, 0.717) is 6.61 Å². The number of rotatable bonds is 8. The van der Waals surface area contributed by atoms with Gasteiger partial charge in [0.05, 0.1) is 12.5 Å². The normalized spacial score (nSPS) is 15.3.